The Morgan fingerprint density at radius 1 is 0.588 bits per heavy atom. The van der Waals surface area contributed by atoms with Crippen molar-refractivity contribution in [2.24, 2.45) is 0 Å². The first kappa shape index (κ1) is 30.6. The van der Waals surface area contributed by atoms with E-state index in [-0.39, 0.29) is 10.8 Å². The van der Waals surface area contributed by atoms with Gasteiger partial charge in [0.2, 0.25) is 0 Å². The number of nitrogens with zero attached hydrogens (tertiary/aromatic N) is 4. The maximum Gasteiger partial charge on any atom is 0.292 e. The molecule has 0 N–H and O–H groups in total. The van der Waals surface area contributed by atoms with Gasteiger partial charge in [-0.2, -0.15) is 4.57 Å². The summed E-state index contributed by atoms with van der Waals surface area (Å²) in [5, 5.41) is 2.59. The fourth-order valence-electron chi connectivity index (χ4n) is 8.26. The molecular formula is C46H41N4S+. The van der Waals surface area contributed by atoms with Crippen molar-refractivity contribution in [3.63, 3.8) is 0 Å². The number of benzene rings is 5. The molecule has 7 aromatic rings. The lowest BCUT2D eigenvalue weighted by Crippen LogP contribution is -2.36. The van der Waals surface area contributed by atoms with Gasteiger partial charge >= 0.3 is 0 Å². The number of pyridine rings is 1. The molecule has 0 saturated heterocycles. The van der Waals surface area contributed by atoms with Crippen LogP contribution in [0, 0.1) is 0 Å². The van der Waals surface area contributed by atoms with Crippen molar-refractivity contribution in [3.05, 3.63) is 150 Å². The van der Waals surface area contributed by atoms with Crippen LogP contribution in [0.15, 0.2) is 137 Å². The Kier molecular flexibility index (Phi) is 6.37. The van der Waals surface area contributed by atoms with Gasteiger partial charge in [0.25, 0.3) is 5.82 Å². The number of hydrogen-bond acceptors (Lipinski definition) is 3. The highest BCUT2D eigenvalue weighted by Gasteiger charge is 2.39. The predicted molar refractivity (Wildman–Crippen MR) is 213 cm³/mol. The van der Waals surface area contributed by atoms with Gasteiger partial charge in [-0.3, -0.25) is 9.80 Å². The van der Waals surface area contributed by atoms with E-state index in [0.717, 1.165) is 23.7 Å². The summed E-state index contributed by atoms with van der Waals surface area (Å²) in [7, 11) is 0. The first-order valence-electron chi connectivity index (χ1n) is 18.0. The monoisotopic (exact) mass is 681 g/mol. The van der Waals surface area contributed by atoms with Crippen LogP contribution in [0.1, 0.15) is 63.8 Å². The molecule has 0 radical (unpaired) electrons. The van der Waals surface area contributed by atoms with Crippen molar-refractivity contribution >= 4 is 62.5 Å². The predicted octanol–water partition coefficient (Wildman–Crippen LogP) is 11.8. The standard InChI is InChI=1S/C46H41N4S/c1-45(2,3)29-13-11-14-31(25-29)48-38-17-9-10-18-39(38)49-37-19-12-20-40-34(37)27-35-41(51-40)22-21-33-32-15-7-8-16-36(32)50(44(33)35)42-26-30(46(4,5)6)23-24-47(42)28-43(48)49/h7-26,28H,27H2,1-6H3/q+1. The van der Waals surface area contributed by atoms with Crippen LogP contribution >= 0.6 is 11.8 Å². The molecule has 2 aromatic heterocycles. The van der Waals surface area contributed by atoms with Crippen LogP contribution in [0.3, 0.4) is 0 Å². The number of fused-ring (bicyclic) bond motifs is 9. The minimum atomic E-state index is -0.0246. The number of hydrogen-bond donors (Lipinski definition) is 0. The first-order chi connectivity index (χ1) is 24.6. The average molecular weight is 682 g/mol. The summed E-state index contributed by atoms with van der Waals surface area (Å²) in [4.78, 5) is 7.64. The average Bonchev–Trinajstić information content (AvgIpc) is 3.62. The zero-order valence-corrected chi connectivity index (χ0v) is 30.8. The van der Waals surface area contributed by atoms with E-state index in [9.17, 15) is 0 Å². The van der Waals surface area contributed by atoms with Crippen molar-refractivity contribution in [2.75, 3.05) is 9.80 Å². The van der Waals surface area contributed by atoms with E-state index in [2.05, 4.69) is 188 Å². The number of anilines is 4. The van der Waals surface area contributed by atoms with E-state index in [0.29, 0.717) is 0 Å². The topological polar surface area (TPSA) is 15.3 Å². The molecule has 250 valence electrons. The molecule has 0 unspecified atom stereocenters. The lowest BCUT2D eigenvalue weighted by Gasteiger charge is -2.29. The third kappa shape index (κ3) is 4.50. The van der Waals surface area contributed by atoms with Gasteiger partial charge in [0.1, 0.15) is 17.2 Å². The highest BCUT2D eigenvalue weighted by atomic mass is 32.2. The molecule has 0 amide bonds. The minimum absolute atomic E-state index is 0.0162. The molecule has 2 bridgehead atoms. The summed E-state index contributed by atoms with van der Waals surface area (Å²) < 4.78 is 4.92. The molecule has 0 spiro atoms. The van der Waals surface area contributed by atoms with Crippen molar-refractivity contribution in [3.8, 4) is 5.82 Å². The van der Waals surface area contributed by atoms with Crippen LogP contribution in [0.2, 0.25) is 0 Å². The van der Waals surface area contributed by atoms with Crippen LogP contribution in [0.5, 0.6) is 0 Å². The molecule has 0 aliphatic carbocycles. The zero-order chi connectivity index (χ0) is 34.8. The summed E-state index contributed by atoms with van der Waals surface area (Å²) in [6.45, 7) is 13.8. The number of rotatable bonds is 1. The number of aromatic nitrogens is 2. The van der Waals surface area contributed by atoms with Gasteiger partial charge in [0.05, 0.1) is 23.3 Å². The van der Waals surface area contributed by atoms with Gasteiger partial charge in [-0.25, -0.2) is 4.57 Å². The molecule has 5 heterocycles. The van der Waals surface area contributed by atoms with Gasteiger partial charge < -0.3 is 0 Å². The second-order valence-electron chi connectivity index (χ2n) is 16.2. The van der Waals surface area contributed by atoms with E-state index >= 15 is 0 Å². The van der Waals surface area contributed by atoms with Crippen LogP contribution in [-0.2, 0) is 17.3 Å². The molecule has 4 nitrogen and oxygen atoms in total. The van der Waals surface area contributed by atoms with Crippen molar-refractivity contribution in [1.82, 2.24) is 4.57 Å². The lowest BCUT2D eigenvalue weighted by molar-refractivity contribution is -0.562. The van der Waals surface area contributed by atoms with Gasteiger partial charge in [-0.15, -0.1) is 0 Å². The van der Waals surface area contributed by atoms with Crippen LogP contribution < -0.4 is 14.4 Å². The SMILES string of the molecule is CC(C)(C)c1cccc(N2C3=C[n+]4ccc(C(C)(C)C)cc4-n4c5ccccc5c5ccc6c(c54)Cc4c(cccc4N3c3ccccc32)S6)c1. The Morgan fingerprint density at radius 2 is 1.27 bits per heavy atom. The Bertz CT molecular complexity index is 2630. The largest absolute Gasteiger partial charge is 0.292 e. The molecule has 3 aliphatic heterocycles. The second kappa shape index (κ2) is 10.6. The molecule has 3 aliphatic rings. The van der Waals surface area contributed by atoms with E-state index in [1.807, 2.05) is 11.8 Å². The molecule has 0 saturated carbocycles. The van der Waals surface area contributed by atoms with Crippen LogP contribution in [0.4, 0.5) is 22.7 Å². The minimum Gasteiger partial charge on any atom is -0.291 e. The highest BCUT2D eigenvalue weighted by Crippen LogP contribution is 2.54. The summed E-state index contributed by atoms with van der Waals surface area (Å²) >= 11 is 1.91. The number of para-hydroxylation sites is 3. The summed E-state index contributed by atoms with van der Waals surface area (Å²) in [6, 6.07) is 43.2. The molecule has 5 aromatic carbocycles. The van der Waals surface area contributed by atoms with Crippen LogP contribution in [-0.4, -0.2) is 4.57 Å². The third-order valence-electron chi connectivity index (χ3n) is 10.9. The summed E-state index contributed by atoms with van der Waals surface area (Å²) in [6.07, 6.45) is 5.50. The van der Waals surface area contributed by atoms with Crippen molar-refractivity contribution in [1.29, 1.82) is 0 Å². The van der Waals surface area contributed by atoms with E-state index in [1.54, 1.807) is 0 Å². The zero-order valence-electron chi connectivity index (χ0n) is 30.0. The van der Waals surface area contributed by atoms with E-state index in [4.69, 9.17) is 0 Å². The lowest BCUT2D eigenvalue weighted by atomic mass is 9.87. The van der Waals surface area contributed by atoms with E-state index < -0.39 is 0 Å². The molecule has 10 rings (SSSR count). The molecule has 5 heteroatoms. The summed E-state index contributed by atoms with van der Waals surface area (Å²) in [5.41, 5.74) is 12.7. The third-order valence-corrected chi connectivity index (χ3v) is 12.1. The van der Waals surface area contributed by atoms with Crippen molar-refractivity contribution < 1.29 is 4.57 Å². The Balaban J connectivity index is 1.37. The van der Waals surface area contributed by atoms with E-state index in [1.165, 1.54) is 70.9 Å². The molecule has 51 heavy (non-hydrogen) atoms. The first-order valence-corrected chi connectivity index (χ1v) is 18.8. The maximum atomic E-state index is 2.55. The quantitative estimate of drug-likeness (QED) is 0.160. The molecule has 0 fully saturated rings. The van der Waals surface area contributed by atoms with Crippen LogP contribution in [0.25, 0.3) is 33.8 Å². The molecule has 0 atom stereocenters. The fraction of sp³-hybridized carbons (Fsp3) is 0.196. The second-order valence-corrected chi connectivity index (χ2v) is 17.3. The van der Waals surface area contributed by atoms with Gasteiger partial charge in [-0.1, -0.05) is 95.8 Å². The maximum absolute atomic E-state index is 2.55. The highest BCUT2D eigenvalue weighted by molar-refractivity contribution is 7.99. The fourth-order valence-corrected chi connectivity index (χ4v) is 9.37. The smallest absolute Gasteiger partial charge is 0.291 e. The summed E-state index contributed by atoms with van der Waals surface area (Å²) in [5.74, 6) is 2.23. The Labute approximate surface area is 304 Å². The Morgan fingerprint density at radius 3 is 2.08 bits per heavy atom. The van der Waals surface area contributed by atoms with Gasteiger partial charge in [0, 0.05) is 44.3 Å². The van der Waals surface area contributed by atoms with Gasteiger partial charge in [0.15, 0.2) is 5.82 Å². The Hall–Kier alpha value is -5.26. The van der Waals surface area contributed by atoms with Crippen molar-refractivity contribution in [2.45, 2.75) is 68.6 Å². The van der Waals surface area contributed by atoms with Gasteiger partial charge in [-0.05, 0) is 94.3 Å². The molecular weight excluding hydrogens is 641 g/mol. The normalized spacial score (nSPS) is 14.7.